The molecule has 0 saturated heterocycles. The molecule has 0 fully saturated rings. The van der Waals surface area contributed by atoms with Crippen LogP contribution in [0.25, 0.3) is 6.08 Å². The fourth-order valence-electron chi connectivity index (χ4n) is 2.15. The molecule has 0 spiro atoms. The number of carbonyl (C=O) groups excluding carboxylic acids is 1. The Balaban J connectivity index is 2.37. The minimum atomic E-state index is -1.35. The van der Waals surface area contributed by atoms with Crippen molar-refractivity contribution in [1.82, 2.24) is 5.32 Å². The first-order valence-corrected chi connectivity index (χ1v) is 7.60. The van der Waals surface area contributed by atoms with Crippen molar-refractivity contribution in [2.75, 3.05) is 0 Å². The van der Waals surface area contributed by atoms with Crippen LogP contribution in [0.15, 0.2) is 48.2 Å². The molecule has 0 aliphatic rings. The van der Waals surface area contributed by atoms with Gasteiger partial charge in [0.25, 0.3) is 5.69 Å². The summed E-state index contributed by atoms with van der Waals surface area (Å²) in [5.74, 6) is -2.02. The Kier molecular flexibility index (Phi) is 6.01. The van der Waals surface area contributed by atoms with E-state index in [0.29, 0.717) is 5.56 Å². The molecule has 11 heteroatoms. The van der Waals surface area contributed by atoms with E-state index in [9.17, 15) is 29.8 Å². The highest BCUT2D eigenvalue weighted by Crippen LogP contribution is 2.34. The van der Waals surface area contributed by atoms with Crippen LogP contribution in [0.2, 0.25) is 0 Å². The Morgan fingerprint density at radius 3 is 2.39 bits per heavy atom. The van der Waals surface area contributed by atoms with Crippen molar-refractivity contribution in [2.24, 2.45) is 0 Å². The standard InChI is InChI=1S/C17H13N3O8/c1-10(21)18-14(17(22)23)8-11-3-2-4-13(7-11)28-16-6-5-12(19(24)25)9-15(16)20(26)27/h2-9H,1H3,(H,18,21)(H,22,23). The Morgan fingerprint density at radius 1 is 1.11 bits per heavy atom. The number of non-ortho nitro benzene ring substituents is 1. The lowest BCUT2D eigenvalue weighted by atomic mass is 10.1. The average molecular weight is 387 g/mol. The SMILES string of the molecule is CC(=O)NC(=Cc1cccc(Oc2ccc([N+](=O)[O-])cc2[N+](=O)[O-])c1)C(=O)O. The lowest BCUT2D eigenvalue weighted by Crippen LogP contribution is -2.24. The van der Waals surface area contributed by atoms with Crippen LogP contribution in [0.1, 0.15) is 12.5 Å². The Hall–Kier alpha value is -4.28. The predicted molar refractivity (Wildman–Crippen MR) is 95.7 cm³/mol. The molecule has 0 atom stereocenters. The minimum Gasteiger partial charge on any atom is -0.477 e. The van der Waals surface area contributed by atoms with Gasteiger partial charge in [0.05, 0.1) is 15.9 Å². The number of carboxylic acid groups (broad SMARTS) is 1. The number of nitrogens with zero attached hydrogens (tertiary/aromatic N) is 2. The van der Waals surface area contributed by atoms with Crippen LogP contribution in [0.3, 0.4) is 0 Å². The van der Waals surface area contributed by atoms with Gasteiger partial charge in [-0.3, -0.25) is 25.0 Å². The number of amides is 1. The maximum absolute atomic E-state index is 11.2. The van der Waals surface area contributed by atoms with Gasteiger partial charge in [0.15, 0.2) is 0 Å². The molecule has 144 valence electrons. The molecule has 0 aromatic heterocycles. The third kappa shape index (κ3) is 5.11. The van der Waals surface area contributed by atoms with Gasteiger partial charge in [-0.25, -0.2) is 4.79 Å². The summed E-state index contributed by atoms with van der Waals surface area (Å²) >= 11 is 0. The van der Waals surface area contributed by atoms with Crippen LogP contribution in [0.4, 0.5) is 11.4 Å². The third-order valence-electron chi connectivity index (χ3n) is 3.29. The van der Waals surface area contributed by atoms with E-state index in [1.807, 2.05) is 0 Å². The molecule has 2 aromatic carbocycles. The van der Waals surface area contributed by atoms with Gasteiger partial charge in [-0.05, 0) is 29.8 Å². The first kappa shape index (κ1) is 20.0. The molecule has 1 amide bonds. The first-order valence-electron chi connectivity index (χ1n) is 7.60. The summed E-state index contributed by atoms with van der Waals surface area (Å²) in [4.78, 5) is 42.6. The third-order valence-corrected chi connectivity index (χ3v) is 3.29. The summed E-state index contributed by atoms with van der Waals surface area (Å²) in [5.41, 5.74) is -1.09. The largest absolute Gasteiger partial charge is 0.477 e. The summed E-state index contributed by atoms with van der Waals surface area (Å²) in [7, 11) is 0. The number of ether oxygens (including phenoxy) is 1. The molecule has 0 heterocycles. The van der Waals surface area contributed by atoms with E-state index in [0.717, 1.165) is 25.1 Å². The van der Waals surface area contributed by atoms with Gasteiger partial charge in [0, 0.05) is 13.0 Å². The number of aliphatic carboxylic acids is 1. The number of benzene rings is 2. The molecule has 2 aromatic rings. The summed E-state index contributed by atoms with van der Waals surface area (Å²) in [6, 6.07) is 8.81. The number of nitro benzene ring substituents is 2. The monoisotopic (exact) mass is 387 g/mol. The van der Waals surface area contributed by atoms with E-state index in [2.05, 4.69) is 5.32 Å². The zero-order valence-electron chi connectivity index (χ0n) is 14.3. The maximum Gasteiger partial charge on any atom is 0.352 e. The fourth-order valence-corrected chi connectivity index (χ4v) is 2.15. The van der Waals surface area contributed by atoms with Crippen molar-refractivity contribution in [3.8, 4) is 11.5 Å². The summed E-state index contributed by atoms with van der Waals surface area (Å²) < 4.78 is 5.44. The number of nitrogens with one attached hydrogen (secondary N) is 1. The normalized spacial score (nSPS) is 10.8. The summed E-state index contributed by atoms with van der Waals surface area (Å²) in [5, 5.41) is 33.2. The molecular weight excluding hydrogens is 374 g/mol. The number of hydrogen-bond donors (Lipinski definition) is 2. The van der Waals surface area contributed by atoms with Crippen LogP contribution < -0.4 is 10.1 Å². The highest BCUT2D eigenvalue weighted by Gasteiger charge is 2.21. The van der Waals surface area contributed by atoms with Crippen molar-refractivity contribution >= 4 is 29.3 Å². The average Bonchev–Trinajstić information content (AvgIpc) is 2.61. The molecule has 11 nitrogen and oxygen atoms in total. The molecule has 2 rings (SSSR count). The Morgan fingerprint density at radius 2 is 1.82 bits per heavy atom. The quantitative estimate of drug-likeness (QED) is 0.416. The van der Waals surface area contributed by atoms with Gasteiger partial charge in [0.1, 0.15) is 11.4 Å². The van der Waals surface area contributed by atoms with Crippen molar-refractivity contribution in [1.29, 1.82) is 0 Å². The smallest absolute Gasteiger partial charge is 0.352 e. The minimum absolute atomic E-state index is 0.123. The Labute approximate surface area is 157 Å². The fraction of sp³-hybridized carbons (Fsp3) is 0.0588. The van der Waals surface area contributed by atoms with Crippen LogP contribution in [0, 0.1) is 20.2 Å². The van der Waals surface area contributed by atoms with Gasteiger partial charge in [0.2, 0.25) is 11.7 Å². The van der Waals surface area contributed by atoms with Crippen LogP contribution in [-0.2, 0) is 9.59 Å². The highest BCUT2D eigenvalue weighted by molar-refractivity contribution is 5.96. The zero-order chi connectivity index (χ0) is 20.8. The molecule has 0 aliphatic carbocycles. The number of rotatable bonds is 7. The van der Waals surface area contributed by atoms with E-state index in [-0.39, 0.29) is 17.2 Å². The summed E-state index contributed by atoms with van der Waals surface area (Å²) in [6.07, 6.45) is 1.18. The molecule has 28 heavy (non-hydrogen) atoms. The van der Waals surface area contributed by atoms with E-state index < -0.39 is 33.1 Å². The Bertz CT molecular complexity index is 1000. The number of nitro groups is 2. The lowest BCUT2D eigenvalue weighted by molar-refractivity contribution is -0.394. The van der Waals surface area contributed by atoms with E-state index in [1.165, 1.54) is 30.3 Å². The van der Waals surface area contributed by atoms with Crippen molar-refractivity contribution in [2.45, 2.75) is 6.92 Å². The van der Waals surface area contributed by atoms with Crippen molar-refractivity contribution < 1.29 is 29.3 Å². The summed E-state index contributed by atoms with van der Waals surface area (Å²) in [6.45, 7) is 1.16. The molecule has 2 N–H and O–H groups in total. The van der Waals surface area contributed by atoms with Crippen LogP contribution >= 0.6 is 0 Å². The molecule has 0 saturated carbocycles. The first-order chi connectivity index (χ1) is 13.2. The van der Waals surface area contributed by atoms with E-state index in [4.69, 9.17) is 9.84 Å². The number of hydrogen-bond acceptors (Lipinski definition) is 7. The predicted octanol–water partition coefficient (Wildman–Crippen LogP) is 2.86. The molecule has 0 radical (unpaired) electrons. The number of carboxylic acids is 1. The van der Waals surface area contributed by atoms with Gasteiger partial charge in [-0.2, -0.15) is 0 Å². The molecular formula is C17H13N3O8. The topological polar surface area (TPSA) is 162 Å². The second kappa shape index (κ2) is 8.40. The van der Waals surface area contributed by atoms with Gasteiger partial charge in [-0.1, -0.05) is 12.1 Å². The lowest BCUT2D eigenvalue weighted by Gasteiger charge is -2.08. The molecule has 0 bridgehead atoms. The highest BCUT2D eigenvalue weighted by atomic mass is 16.6. The maximum atomic E-state index is 11.2. The second-order valence-corrected chi connectivity index (χ2v) is 5.39. The molecule has 0 aliphatic heterocycles. The van der Waals surface area contributed by atoms with Crippen molar-refractivity contribution in [3.63, 3.8) is 0 Å². The van der Waals surface area contributed by atoms with Crippen LogP contribution in [0.5, 0.6) is 11.5 Å². The zero-order valence-corrected chi connectivity index (χ0v) is 14.3. The van der Waals surface area contributed by atoms with Gasteiger partial charge in [-0.15, -0.1) is 0 Å². The number of carbonyl (C=O) groups is 2. The van der Waals surface area contributed by atoms with E-state index >= 15 is 0 Å². The van der Waals surface area contributed by atoms with Gasteiger partial charge >= 0.3 is 11.7 Å². The van der Waals surface area contributed by atoms with Gasteiger partial charge < -0.3 is 15.2 Å². The van der Waals surface area contributed by atoms with Crippen molar-refractivity contribution in [3.05, 3.63) is 74.0 Å². The second-order valence-electron chi connectivity index (χ2n) is 5.39. The van der Waals surface area contributed by atoms with Crippen LogP contribution in [-0.4, -0.2) is 26.8 Å². The molecule has 0 unspecified atom stereocenters. The van der Waals surface area contributed by atoms with E-state index in [1.54, 1.807) is 0 Å².